The Morgan fingerprint density at radius 1 is 1.47 bits per heavy atom. The lowest BCUT2D eigenvalue weighted by molar-refractivity contribution is -0.137. The average Bonchev–Trinajstić information content (AvgIpc) is 2.54. The fraction of sp³-hybridized carbons (Fsp3) is 0.750. The van der Waals surface area contributed by atoms with Gasteiger partial charge in [0.15, 0.2) is 5.78 Å². The number of rotatable bonds is 1. The lowest BCUT2D eigenvalue weighted by Crippen LogP contribution is -2.58. The van der Waals surface area contributed by atoms with Crippen molar-refractivity contribution in [1.29, 1.82) is 0 Å². The Morgan fingerprint density at radius 2 is 2.12 bits per heavy atom. The number of carbonyl (C=O) groups is 2. The largest absolute Gasteiger partial charge is 0.483 e. The van der Waals surface area contributed by atoms with Crippen LogP contribution in [-0.2, 0) is 14.3 Å². The number of methoxy groups -OCH3 is 1. The Hall–Kier alpha value is -1.39. The minimum absolute atomic E-state index is 0.0610. The molecule has 0 aromatic carbocycles. The Kier molecular flexibility index (Phi) is 2.72. The SMILES string of the molecule is COC1=N[C@H](C(C)C)C(=O)N2CC(=O)C[C@@]12C. The fourth-order valence-electron chi connectivity index (χ4n) is 2.59. The van der Waals surface area contributed by atoms with Gasteiger partial charge in [-0.05, 0) is 12.8 Å². The van der Waals surface area contributed by atoms with Gasteiger partial charge in [0.1, 0.15) is 11.6 Å². The number of fused-ring (bicyclic) bond motifs is 1. The van der Waals surface area contributed by atoms with Gasteiger partial charge in [0.25, 0.3) is 0 Å². The molecule has 0 bridgehead atoms. The van der Waals surface area contributed by atoms with Gasteiger partial charge >= 0.3 is 0 Å². The Bertz CT molecular complexity index is 403. The van der Waals surface area contributed by atoms with Crippen LogP contribution in [0.3, 0.4) is 0 Å². The van der Waals surface area contributed by atoms with E-state index >= 15 is 0 Å². The number of ether oxygens (including phenoxy) is 1. The first kappa shape index (κ1) is 12.1. The maximum atomic E-state index is 12.3. The van der Waals surface area contributed by atoms with E-state index in [0.29, 0.717) is 12.3 Å². The summed E-state index contributed by atoms with van der Waals surface area (Å²) in [5.74, 6) is 0.610. The van der Waals surface area contributed by atoms with E-state index < -0.39 is 11.6 Å². The number of Topliss-reactive ketones (excluding diaryl/α,β-unsaturated/α-hetero) is 1. The van der Waals surface area contributed by atoms with Crippen molar-refractivity contribution < 1.29 is 14.3 Å². The summed E-state index contributed by atoms with van der Waals surface area (Å²) in [5, 5.41) is 0. The summed E-state index contributed by atoms with van der Waals surface area (Å²) in [6.45, 7) is 5.91. The third-order valence-corrected chi connectivity index (χ3v) is 3.53. The molecule has 5 heteroatoms. The summed E-state index contributed by atoms with van der Waals surface area (Å²) in [4.78, 5) is 29.9. The van der Waals surface area contributed by atoms with Crippen molar-refractivity contribution in [2.45, 2.75) is 38.8 Å². The molecule has 0 N–H and O–H groups in total. The van der Waals surface area contributed by atoms with Crippen molar-refractivity contribution in [2.75, 3.05) is 13.7 Å². The number of amides is 1. The second-order valence-electron chi connectivity index (χ2n) is 5.24. The number of ketones is 1. The third-order valence-electron chi connectivity index (χ3n) is 3.53. The molecule has 94 valence electrons. The van der Waals surface area contributed by atoms with E-state index in [9.17, 15) is 9.59 Å². The molecule has 0 radical (unpaired) electrons. The molecule has 0 aromatic heterocycles. The van der Waals surface area contributed by atoms with E-state index in [-0.39, 0.29) is 24.2 Å². The highest BCUT2D eigenvalue weighted by Gasteiger charge is 2.53. The average molecular weight is 238 g/mol. The monoisotopic (exact) mass is 238 g/mol. The molecule has 0 spiro atoms. The summed E-state index contributed by atoms with van der Waals surface area (Å²) >= 11 is 0. The number of carbonyl (C=O) groups excluding carboxylic acids is 2. The van der Waals surface area contributed by atoms with Crippen molar-refractivity contribution in [3.63, 3.8) is 0 Å². The van der Waals surface area contributed by atoms with E-state index in [2.05, 4.69) is 4.99 Å². The van der Waals surface area contributed by atoms with Gasteiger partial charge in [-0.25, -0.2) is 4.99 Å². The zero-order valence-corrected chi connectivity index (χ0v) is 10.7. The molecular weight excluding hydrogens is 220 g/mol. The van der Waals surface area contributed by atoms with E-state index in [1.54, 1.807) is 4.90 Å². The molecule has 5 nitrogen and oxygen atoms in total. The topological polar surface area (TPSA) is 59.0 Å². The zero-order valence-electron chi connectivity index (χ0n) is 10.7. The zero-order chi connectivity index (χ0) is 12.8. The van der Waals surface area contributed by atoms with Gasteiger partial charge in [-0.3, -0.25) is 9.59 Å². The van der Waals surface area contributed by atoms with E-state index in [1.165, 1.54) is 7.11 Å². The van der Waals surface area contributed by atoms with Crippen molar-refractivity contribution in [3.05, 3.63) is 0 Å². The lowest BCUT2D eigenvalue weighted by atomic mass is 9.92. The summed E-state index contributed by atoms with van der Waals surface area (Å²) in [5.41, 5.74) is -0.672. The highest BCUT2D eigenvalue weighted by molar-refractivity contribution is 6.05. The summed E-state index contributed by atoms with van der Waals surface area (Å²) in [6.07, 6.45) is 0.302. The van der Waals surface area contributed by atoms with Crippen LogP contribution in [0.1, 0.15) is 27.2 Å². The second-order valence-corrected chi connectivity index (χ2v) is 5.24. The van der Waals surface area contributed by atoms with Gasteiger partial charge in [-0.15, -0.1) is 0 Å². The first-order chi connectivity index (χ1) is 7.90. The molecule has 2 rings (SSSR count). The molecule has 2 atom stereocenters. The normalized spacial score (nSPS) is 32.9. The Labute approximate surface area is 101 Å². The summed E-state index contributed by atoms with van der Waals surface area (Å²) in [7, 11) is 1.54. The second kappa shape index (κ2) is 3.82. The highest BCUT2D eigenvalue weighted by Crippen LogP contribution is 2.34. The number of nitrogens with zero attached hydrogens (tertiary/aromatic N) is 2. The predicted molar refractivity (Wildman–Crippen MR) is 62.8 cm³/mol. The van der Waals surface area contributed by atoms with Crippen LogP contribution < -0.4 is 0 Å². The summed E-state index contributed by atoms with van der Waals surface area (Å²) in [6, 6.07) is -0.427. The van der Waals surface area contributed by atoms with E-state index in [4.69, 9.17) is 4.74 Å². The highest BCUT2D eigenvalue weighted by atomic mass is 16.5. The van der Waals surface area contributed by atoms with Gasteiger partial charge in [0.05, 0.1) is 13.7 Å². The van der Waals surface area contributed by atoms with Crippen LogP contribution in [0.4, 0.5) is 0 Å². The Balaban J connectivity index is 2.46. The third kappa shape index (κ3) is 1.64. The van der Waals surface area contributed by atoms with Crippen LogP contribution in [0.25, 0.3) is 0 Å². The van der Waals surface area contributed by atoms with Crippen LogP contribution in [-0.4, -0.2) is 47.7 Å². The molecule has 17 heavy (non-hydrogen) atoms. The predicted octanol–water partition coefficient (Wildman–Crippen LogP) is 0.630. The molecule has 2 aliphatic heterocycles. The fourth-order valence-corrected chi connectivity index (χ4v) is 2.59. The van der Waals surface area contributed by atoms with Crippen molar-refractivity contribution in [3.8, 4) is 0 Å². The van der Waals surface area contributed by atoms with Crippen molar-refractivity contribution in [1.82, 2.24) is 4.90 Å². The van der Waals surface area contributed by atoms with E-state index in [0.717, 1.165) is 0 Å². The minimum Gasteiger partial charge on any atom is -0.483 e. The molecular formula is C12H18N2O3. The minimum atomic E-state index is -0.672. The molecule has 0 aliphatic carbocycles. The van der Waals surface area contributed by atoms with Crippen molar-refractivity contribution in [2.24, 2.45) is 10.9 Å². The van der Waals surface area contributed by atoms with Gasteiger partial charge < -0.3 is 9.64 Å². The molecule has 0 aromatic rings. The molecule has 1 amide bonds. The van der Waals surface area contributed by atoms with E-state index in [1.807, 2.05) is 20.8 Å². The van der Waals surface area contributed by atoms with Gasteiger partial charge in [0, 0.05) is 6.42 Å². The molecule has 1 fully saturated rings. The van der Waals surface area contributed by atoms with Gasteiger partial charge in [0.2, 0.25) is 11.8 Å². The van der Waals surface area contributed by atoms with Crippen LogP contribution in [0.2, 0.25) is 0 Å². The number of hydrogen-bond acceptors (Lipinski definition) is 4. The Morgan fingerprint density at radius 3 is 2.65 bits per heavy atom. The smallest absolute Gasteiger partial charge is 0.249 e. The molecule has 2 aliphatic rings. The quantitative estimate of drug-likeness (QED) is 0.673. The maximum absolute atomic E-state index is 12.3. The number of aliphatic imine (C=N–C) groups is 1. The molecule has 0 saturated carbocycles. The van der Waals surface area contributed by atoms with Gasteiger partial charge in [-0.1, -0.05) is 13.8 Å². The van der Waals surface area contributed by atoms with Crippen LogP contribution >= 0.6 is 0 Å². The van der Waals surface area contributed by atoms with Crippen molar-refractivity contribution >= 4 is 17.6 Å². The van der Waals surface area contributed by atoms with Gasteiger partial charge in [-0.2, -0.15) is 0 Å². The maximum Gasteiger partial charge on any atom is 0.249 e. The molecule has 2 heterocycles. The standard InChI is InChI=1S/C12H18N2O3/c1-7(2)9-10(16)14-6-8(15)5-12(14,3)11(13-9)17-4/h7,9H,5-6H2,1-4H3/t9-,12+/m1/s1. The number of hydrogen-bond donors (Lipinski definition) is 0. The van der Waals surface area contributed by atoms with Crippen LogP contribution in [0, 0.1) is 5.92 Å². The summed E-state index contributed by atoms with van der Waals surface area (Å²) < 4.78 is 5.29. The molecule has 0 unspecified atom stereocenters. The molecule has 1 saturated heterocycles. The lowest BCUT2D eigenvalue weighted by Gasteiger charge is -2.40. The van der Waals surface area contributed by atoms with Crippen LogP contribution in [0.5, 0.6) is 0 Å². The first-order valence-electron chi connectivity index (χ1n) is 5.85. The van der Waals surface area contributed by atoms with Crippen LogP contribution in [0.15, 0.2) is 4.99 Å². The first-order valence-corrected chi connectivity index (χ1v) is 5.85.